The first-order valence-corrected chi connectivity index (χ1v) is 3.30. The van der Waals surface area contributed by atoms with Crippen molar-refractivity contribution in [1.29, 1.82) is 0 Å². The normalized spacial score (nSPS) is 17.3. The second-order valence-electron chi connectivity index (χ2n) is 2.42. The maximum absolute atomic E-state index is 8.83. The van der Waals surface area contributed by atoms with Gasteiger partial charge in [0.05, 0.1) is 6.10 Å². The van der Waals surface area contributed by atoms with Crippen molar-refractivity contribution >= 4 is 0 Å². The smallest absolute Gasteiger partial charge is 0.0526 e. The Bertz CT molecular complexity index is 66.1. The molecule has 0 aliphatic rings. The van der Waals surface area contributed by atoms with E-state index in [1.165, 1.54) is 0 Å². The molecule has 0 saturated heterocycles. The Kier molecular flexibility index (Phi) is 4.67. The first-order valence-electron chi connectivity index (χ1n) is 3.30. The van der Waals surface area contributed by atoms with Crippen molar-refractivity contribution in [2.24, 2.45) is 11.5 Å². The summed E-state index contributed by atoms with van der Waals surface area (Å²) in [6, 6.07) is 0.0648. The van der Waals surface area contributed by atoms with Crippen molar-refractivity contribution in [2.45, 2.75) is 31.9 Å². The van der Waals surface area contributed by atoms with Crippen molar-refractivity contribution in [2.75, 3.05) is 6.54 Å². The summed E-state index contributed by atoms with van der Waals surface area (Å²) in [6.07, 6.45) is 1.15. The largest absolute Gasteiger partial charge is 0.393 e. The minimum atomic E-state index is -0.299. The second kappa shape index (κ2) is 4.73. The van der Waals surface area contributed by atoms with Crippen molar-refractivity contribution in [3.8, 4) is 0 Å². The average Bonchev–Trinajstić information content (AvgIpc) is 1.63. The second-order valence-corrected chi connectivity index (χ2v) is 2.42. The molecule has 0 radical (unpaired) electrons. The molecule has 0 aromatic carbocycles. The molecule has 5 N–H and O–H groups in total. The molecular formula is C6H16N2O. The molecule has 0 rings (SSSR count). The molecule has 0 amide bonds. The third kappa shape index (κ3) is 5.76. The van der Waals surface area contributed by atoms with Gasteiger partial charge in [0, 0.05) is 6.04 Å². The summed E-state index contributed by atoms with van der Waals surface area (Å²) < 4.78 is 0. The zero-order valence-corrected chi connectivity index (χ0v) is 5.88. The maximum atomic E-state index is 8.83. The highest BCUT2D eigenvalue weighted by molar-refractivity contribution is 4.64. The highest BCUT2D eigenvalue weighted by Gasteiger charge is 2.03. The van der Waals surface area contributed by atoms with Crippen LogP contribution in [0.4, 0.5) is 0 Å². The van der Waals surface area contributed by atoms with Gasteiger partial charge in [-0.3, -0.25) is 0 Å². The van der Waals surface area contributed by atoms with Gasteiger partial charge >= 0.3 is 0 Å². The Morgan fingerprint density at radius 2 is 2.11 bits per heavy atom. The van der Waals surface area contributed by atoms with Crippen LogP contribution in [-0.2, 0) is 0 Å². The maximum Gasteiger partial charge on any atom is 0.0526 e. The van der Waals surface area contributed by atoms with E-state index in [0.717, 1.165) is 6.42 Å². The van der Waals surface area contributed by atoms with E-state index < -0.39 is 0 Å². The lowest BCUT2D eigenvalue weighted by Crippen LogP contribution is -2.27. The molecule has 2 unspecified atom stereocenters. The first-order chi connectivity index (χ1) is 4.16. The van der Waals surface area contributed by atoms with Crippen LogP contribution in [0.3, 0.4) is 0 Å². The third-order valence-corrected chi connectivity index (χ3v) is 1.18. The molecule has 3 nitrogen and oxygen atoms in total. The lowest BCUT2D eigenvalue weighted by Gasteiger charge is -2.10. The zero-order valence-electron chi connectivity index (χ0n) is 5.88. The van der Waals surface area contributed by atoms with Gasteiger partial charge in [0.2, 0.25) is 0 Å². The number of hydrogen-bond acceptors (Lipinski definition) is 3. The molecule has 0 aromatic rings. The van der Waals surface area contributed by atoms with Crippen LogP contribution in [0.2, 0.25) is 0 Å². The molecule has 3 heteroatoms. The average molecular weight is 132 g/mol. The predicted octanol–water partition coefficient (Wildman–Crippen LogP) is -0.567. The molecule has 9 heavy (non-hydrogen) atoms. The Labute approximate surface area is 56.0 Å². The summed E-state index contributed by atoms with van der Waals surface area (Å²) in [6.45, 7) is 2.34. The quantitative estimate of drug-likeness (QED) is 0.480. The standard InChI is InChI=1S/C6H16N2O/c1-5(9)4-6(8)2-3-7/h5-6,9H,2-4,7-8H2,1H3. The number of aliphatic hydroxyl groups is 1. The van der Waals surface area contributed by atoms with Gasteiger partial charge in [-0.2, -0.15) is 0 Å². The van der Waals surface area contributed by atoms with E-state index >= 15 is 0 Å². The van der Waals surface area contributed by atoms with E-state index in [-0.39, 0.29) is 12.1 Å². The van der Waals surface area contributed by atoms with Crippen LogP contribution in [0.1, 0.15) is 19.8 Å². The molecule has 0 aromatic heterocycles. The van der Waals surface area contributed by atoms with Gasteiger partial charge in [0.1, 0.15) is 0 Å². The third-order valence-electron chi connectivity index (χ3n) is 1.18. The molecule has 0 fully saturated rings. The van der Waals surface area contributed by atoms with Crippen LogP contribution in [0.15, 0.2) is 0 Å². The monoisotopic (exact) mass is 132 g/mol. The predicted molar refractivity (Wildman–Crippen MR) is 37.9 cm³/mol. The lowest BCUT2D eigenvalue weighted by atomic mass is 10.1. The lowest BCUT2D eigenvalue weighted by molar-refractivity contribution is 0.173. The summed E-state index contributed by atoms with van der Waals surface area (Å²) in [4.78, 5) is 0. The molecule has 56 valence electrons. The van der Waals surface area contributed by atoms with E-state index in [2.05, 4.69) is 0 Å². The Balaban J connectivity index is 3.15. The molecule has 0 heterocycles. The van der Waals surface area contributed by atoms with Crippen molar-refractivity contribution in [3.05, 3.63) is 0 Å². The topological polar surface area (TPSA) is 72.3 Å². The van der Waals surface area contributed by atoms with Crippen molar-refractivity contribution < 1.29 is 5.11 Å². The van der Waals surface area contributed by atoms with Gasteiger partial charge < -0.3 is 16.6 Å². The SMILES string of the molecule is CC(O)CC(N)CCN. The molecule has 0 saturated carbocycles. The van der Waals surface area contributed by atoms with Gasteiger partial charge in [-0.25, -0.2) is 0 Å². The van der Waals surface area contributed by atoms with Crippen molar-refractivity contribution in [3.63, 3.8) is 0 Å². The minimum Gasteiger partial charge on any atom is -0.393 e. The van der Waals surface area contributed by atoms with Crippen LogP contribution in [-0.4, -0.2) is 23.8 Å². The van der Waals surface area contributed by atoms with Crippen molar-refractivity contribution in [1.82, 2.24) is 0 Å². The highest BCUT2D eigenvalue weighted by atomic mass is 16.3. The summed E-state index contributed by atoms with van der Waals surface area (Å²) >= 11 is 0. The van der Waals surface area contributed by atoms with Crippen LogP contribution in [0.5, 0.6) is 0 Å². The van der Waals surface area contributed by atoms with E-state index in [0.29, 0.717) is 13.0 Å². The Hall–Kier alpha value is -0.120. The van der Waals surface area contributed by atoms with Crippen LogP contribution >= 0.6 is 0 Å². The summed E-state index contributed by atoms with van der Waals surface area (Å²) in [5.41, 5.74) is 10.8. The van der Waals surface area contributed by atoms with Crippen LogP contribution in [0.25, 0.3) is 0 Å². The molecule has 0 aliphatic carbocycles. The molecule has 0 bridgehead atoms. The highest BCUT2D eigenvalue weighted by Crippen LogP contribution is 1.96. The van der Waals surface area contributed by atoms with Gasteiger partial charge in [-0.05, 0) is 26.3 Å². The Morgan fingerprint density at radius 3 is 2.44 bits per heavy atom. The van der Waals surface area contributed by atoms with Gasteiger partial charge in [0.15, 0.2) is 0 Å². The van der Waals surface area contributed by atoms with Crippen LogP contribution < -0.4 is 11.5 Å². The van der Waals surface area contributed by atoms with E-state index in [1.807, 2.05) is 0 Å². The first kappa shape index (κ1) is 8.88. The molecule has 0 aliphatic heterocycles. The van der Waals surface area contributed by atoms with Gasteiger partial charge in [-0.15, -0.1) is 0 Å². The van der Waals surface area contributed by atoms with Gasteiger partial charge in [0.25, 0.3) is 0 Å². The number of hydrogen-bond donors (Lipinski definition) is 3. The fraction of sp³-hybridized carbons (Fsp3) is 1.00. The minimum absolute atomic E-state index is 0.0648. The van der Waals surface area contributed by atoms with E-state index in [9.17, 15) is 0 Å². The number of nitrogens with two attached hydrogens (primary N) is 2. The molecule has 2 atom stereocenters. The van der Waals surface area contributed by atoms with Gasteiger partial charge in [-0.1, -0.05) is 0 Å². The fourth-order valence-electron chi connectivity index (χ4n) is 0.770. The number of rotatable bonds is 4. The van der Waals surface area contributed by atoms with E-state index in [1.54, 1.807) is 6.92 Å². The summed E-state index contributed by atoms with van der Waals surface area (Å²) in [5.74, 6) is 0. The summed E-state index contributed by atoms with van der Waals surface area (Å²) in [5, 5.41) is 8.83. The molecular weight excluding hydrogens is 116 g/mol. The summed E-state index contributed by atoms with van der Waals surface area (Å²) in [7, 11) is 0. The number of aliphatic hydroxyl groups excluding tert-OH is 1. The molecule has 0 spiro atoms. The Morgan fingerprint density at radius 1 is 1.56 bits per heavy atom. The van der Waals surface area contributed by atoms with E-state index in [4.69, 9.17) is 16.6 Å². The van der Waals surface area contributed by atoms with Crippen LogP contribution in [0, 0.1) is 0 Å². The fourth-order valence-corrected chi connectivity index (χ4v) is 0.770. The zero-order chi connectivity index (χ0) is 7.28.